The first-order chi connectivity index (χ1) is 16.1. The van der Waals surface area contributed by atoms with Crippen molar-refractivity contribution in [1.29, 1.82) is 0 Å². The Balaban J connectivity index is 1.46. The molecule has 0 bridgehead atoms. The molecule has 1 heterocycles. The topological polar surface area (TPSA) is 81.4 Å². The number of nitrogens with zero attached hydrogens (tertiary/aromatic N) is 4. The first kappa shape index (κ1) is 22.3. The summed E-state index contributed by atoms with van der Waals surface area (Å²) in [4.78, 5) is 12.3. The Labute approximate surface area is 196 Å². The molecule has 4 rings (SSSR count). The Bertz CT molecular complexity index is 1240. The molecule has 0 radical (unpaired) electrons. The number of para-hydroxylation sites is 1. The van der Waals surface area contributed by atoms with E-state index in [1.165, 1.54) is 17.3 Å². The van der Waals surface area contributed by atoms with Gasteiger partial charge in [-0.05, 0) is 48.9 Å². The van der Waals surface area contributed by atoms with Crippen LogP contribution in [0.5, 0.6) is 5.75 Å². The highest BCUT2D eigenvalue weighted by molar-refractivity contribution is 7.99. The van der Waals surface area contributed by atoms with Crippen molar-refractivity contribution in [3.63, 3.8) is 0 Å². The fourth-order valence-corrected chi connectivity index (χ4v) is 3.84. The maximum Gasteiger partial charge on any atom is 0.250 e. The maximum atomic E-state index is 12.3. The molecular weight excluding hydrogens is 434 g/mol. The van der Waals surface area contributed by atoms with Crippen LogP contribution in [0.4, 0.5) is 0 Å². The largest absolute Gasteiger partial charge is 0.497 e. The number of ether oxygens (including phenoxy) is 1. The highest BCUT2D eigenvalue weighted by Crippen LogP contribution is 2.28. The van der Waals surface area contributed by atoms with Gasteiger partial charge in [-0.1, -0.05) is 59.8 Å². The minimum Gasteiger partial charge on any atom is -0.497 e. The van der Waals surface area contributed by atoms with Crippen LogP contribution in [-0.4, -0.2) is 39.7 Å². The first-order valence-electron chi connectivity index (χ1n) is 10.3. The second-order valence-electron chi connectivity index (χ2n) is 7.20. The zero-order valence-electron chi connectivity index (χ0n) is 18.3. The van der Waals surface area contributed by atoms with E-state index in [4.69, 9.17) is 4.74 Å². The van der Waals surface area contributed by atoms with Gasteiger partial charge < -0.3 is 4.74 Å². The van der Waals surface area contributed by atoms with Crippen LogP contribution in [0.1, 0.15) is 11.1 Å². The van der Waals surface area contributed by atoms with Crippen molar-refractivity contribution in [2.75, 3.05) is 12.9 Å². The highest BCUT2D eigenvalue weighted by atomic mass is 32.2. The highest BCUT2D eigenvalue weighted by Gasteiger charge is 2.17. The van der Waals surface area contributed by atoms with Gasteiger partial charge in [0.25, 0.3) is 5.91 Å². The Morgan fingerprint density at radius 2 is 1.76 bits per heavy atom. The number of aromatic nitrogens is 3. The lowest BCUT2D eigenvalue weighted by atomic mass is 10.1. The summed E-state index contributed by atoms with van der Waals surface area (Å²) in [5.41, 5.74) is 6.47. The SMILES string of the molecule is COc1ccc(C=NNC(=O)CSc2nnc(-c3ccc(C)cc3)n2-c2ccccc2)cc1. The van der Waals surface area contributed by atoms with E-state index >= 15 is 0 Å². The van der Waals surface area contributed by atoms with Gasteiger partial charge >= 0.3 is 0 Å². The van der Waals surface area contributed by atoms with E-state index in [-0.39, 0.29) is 11.7 Å². The molecule has 0 aliphatic carbocycles. The molecule has 1 N–H and O–H groups in total. The lowest BCUT2D eigenvalue weighted by Gasteiger charge is -2.10. The summed E-state index contributed by atoms with van der Waals surface area (Å²) in [6, 6.07) is 25.4. The lowest BCUT2D eigenvalue weighted by molar-refractivity contribution is -0.118. The molecule has 0 saturated heterocycles. The number of thioether (sulfide) groups is 1. The third kappa shape index (κ3) is 5.67. The first-order valence-corrected chi connectivity index (χ1v) is 11.3. The number of aryl methyl sites for hydroxylation is 1. The summed E-state index contributed by atoms with van der Waals surface area (Å²) < 4.78 is 7.09. The average Bonchev–Trinajstić information content (AvgIpc) is 3.28. The van der Waals surface area contributed by atoms with Crippen molar-refractivity contribution in [3.8, 4) is 22.8 Å². The Morgan fingerprint density at radius 3 is 2.45 bits per heavy atom. The number of rotatable bonds is 8. The van der Waals surface area contributed by atoms with E-state index in [1.807, 2.05) is 90.4 Å². The molecule has 0 fully saturated rings. The number of carbonyl (C=O) groups is 1. The molecule has 7 nitrogen and oxygen atoms in total. The Hall–Kier alpha value is -3.91. The number of benzene rings is 3. The smallest absolute Gasteiger partial charge is 0.250 e. The van der Waals surface area contributed by atoms with Crippen LogP contribution in [0.3, 0.4) is 0 Å². The van der Waals surface area contributed by atoms with E-state index < -0.39 is 0 Å². The van der Waals surface area contributed by atoms with Crippen LogP contribution in [0.15, 0.2) is 89.1 Å². The van der Waals surface area contributed by atoms with Crippen LogP contribution in [0, 0.1) is 6.92 Å². The summed E-state index contributed by atoms with van der Waals surface area (Å²) in [5, 5.41) is 13.4. The number of hydrogen-bond acceptors (Lipinski definition) is 6. The van der Waals surface area contributed by atoms with E-state index in [9.17, 15) is 4.79 Å². The number of nitrogens with one attached hydrogen (secondary N) is 1. The van der Waals surface area contributed by atoms with E-state index in [0.717, 1.165) is 28.4 Å². The molecule has 0 spiro atoms. The van der Waals surface area contributed by atoms with E-state index in [1.54, 1.807) is 13.3 Å². The number of hydrazone groups is 1. The number of methoxy groups -OCH3 is 1. The second kappa shape index (κ2) is 10.6. The Morgan fingerprint density at radius 1 is 1.03 bits per heavy atom. The van der Waals surface area contributed by atoms with Gasteiger partial charge in [0, 0.05) is 11.3 Å². The zero-order chi connectivity index (χ0) is 23.0. The molecule has 33 heavy (non-hydrogen) atoms. The minimum atomic E-state index is -0.232. The summed E-state index contributed by atoms with van der Waals surface area (Å²) in [6.07, 6.45) is 1.59. The Kier molecular flexibility index (Phi) is 7.16. The van der Waals surface area contributed by atoms with Gasteiger partial charge in [-0.15, -0.1) is 10.2 Å². The normalized spacial score (nSPS) is 11.0. The van der Waals surface area contributed by atoms with Gasteiger partial charge in [0.2, 0.25) is 0 Å². The van der Waals surface area contributed by atoms with Gasteiger partial charge in [-0.25, -0.2) is 5.43 Å². The molecule has 4 aromatic rings. The lowest BCUT2D eigenvalue weighted by Crippen LogP contribution is -2.20. The number of amides is 1. The fraction of sp³-hybridized carbons (Fsp3) is 0.120. The fourth-order valence-electron chi connectivity index (χ4n) is 3.09. The summed E-state index contributed by atoms with van der Waals surface area (Å²) in [5.74, 6) is 1.41. The third-order valence-electron chi connectivity index (χ3n) is 4.81. The number of carbonyl (C=O) groups excluding carboxylic acids is 1. The summed E-state index contributed by atoms with van der Waals surface area (Å²) >= 11 is 1.31. The number of hydrogen-bond donors (Lipinski definition) is 1. The van der Waals surface area contributed by atoms with Crippen LogP contribution >= 0.6 is 11.8 Å². The van der Waals surface area contributed by atoms with Gasteiger partial charge in [-0.2, -0.15) is 5.10 Å². The van der Waals surface area contributed by atoms with Gasteiger partial charge in [0.15, 0.2) is 11.0 Å². The van der Waals surface area contributed by atoms with Crippen LogP contribution in [-0.2, 0) is 4.79 Å². The van der Waals surface area contributed by atoms with Crippen molar-refractivity contribution >= 4 is 23.9 Å². The molecule has 8 heteroatoms. The summed E-state index contributed by atoms with van der Waals surface area (Å²) in [6.45, 7) is 2.04. The monoisotopic (exact) mass is 457 g/mol. The molecule has 0 atom stereocenters. The molecule has 166 valence electrons. The maximum absolute atomic E-state index is 12.3. The predicted octanol–water partition coefficient (Wildman–Crippen LogP) is 4.49. The van der Waals surface area contributed by atoms with E-state index in [2.05, 4.69) is 20.7 Å². The third-order valence-corrected chi connectivity index (χ3v) is 5.74. The van der Waals surface area contributed by atoms with E-state index in [0.29, 0.717) is 5.16 Å². The van der Waals surface area contributed by atoms with Crippen LogP contribution in [0.25, 0.3) is 17.1 Å². The standard InChI is InChI=1S/C25H23N5O2S/c1-18-8-12-20(13-9-18)24-28-29-25(30(24)21-6-4-3-5-7-21)33-17-23(31)27-26-16-19-10-14-22(32-2)15-11-19/h3-16H,17H2,1-2H3,(H,27,31). The molecule has 1 amide bonds. The van der Waals surface area contributed by atoms with Crippen LogP contribution in [0.2, 0.25) is 0 Å². The molecule has 0 saturated carbocycles. The summed E-state index contributed by atoms with van der Waals surface area (Å²) in [7, 11) is 1.61. The van der Waals surface area contributed by atoms with Gasteiger partial charge in [0.1, 0.15) is 5.75 Å². The zero-order valence-corrected chi connectivity index (χ0v) is 19.1. The van der Waals surface area contributed by atoms with Crippen molar-refractivity contribution in [2.24, 2.45) is 5.10 Å². The molecular formula is C25H23N5O2S. The second-order valence-corrected chi connectivity index (χ2v) is 8.14. The quantitative estimate of drug-likeness (QED) is 0.239. The van der Waals surface area contributed by atoms with Crippen molar-refractivity contribution in [2.45, 2.75) is 12.1 Å². The molecule has 0 aliphatic heterocycles. The molecule has 0 unspecified atom stereocenters. The van der Waals surface area contributed by atoms with Gasteiger partial charge in [0.05, 0.1) is 19.1 Å². The van der Waals surface area contributed by atoms with Gasteiger partial charge in [-0.3, -0.25) is 9.36 Å². The molecule has 3 aromatic carbocycles. The minimum absolute atomic E-state index is 0.152. The average molecular weight is 458 g/mol. The molecule has 1 aromatic heterocycles. The van der Waals surface area contributed by atoms with Crippen molar-refractivity contribution in [1.82, 2.24) is 20.2 Å². The predicted molar refractivity (Wildman–Crippen MR) is 131 cm³/mol. The van der Waals surface area contributed by atoms with Crippen LogP contribution < -0.4 is 10.2 Å². The van der Waals surface area contributed by atoms with Crippen molar-refractivity contribution in [3.05, 3.63) is 90.0 Å². The molecule has 0 aliphatic rings. The van der Waals surface area contributed by atoms with Crippen molar-refractivity contribution < 1.29 is 9.53 Å².